The van der Waals surface area contributed by atoms with Crippen LogP contribution in [0.3, 0.4) is 0 Å². The van der Waals surface area contributed by atoms with Crippen LogP contribution in [0, 0.1) is 0 Å². The first-order chi connectivity index (χ1) is 13.2. The number of piperidine rings is 1. The van der Waals surface area contributed by atoms with Crippen molar-refractivity contribution in [2.45, 2.75) is 31.5 Å². The summed E-state index contributed by atoms with van der Waals surface area (Å²) in [4.78, 5) is 2.49. The van der Waals surface area contributed by atoms with E-state index in [1.807, 2.05) is 12.1 Å². The van der Waals surface area contributed by atoms with E-state index < -0.39 is 0 Å². The maximum atomic E-state index is 6.65. The zero-order valence-electron chi connectivity index (χ0n) is 15.5. The number of likely N-dealkylation sites (tertiary alicyclic amines) is 1. The summed E-state index contributed by atoms with van der Waals surface area (Å²) in [5.41, 5.74) is 6.85. The van der Waals surface area contributed by atoms with Gasteiger partial charge in [0.2, 0.25) is 0 Å². The van der Waals surface area contributed by atoms with Gasteiger partial charge in [-0.05, 0) is 36.4 Å². The van der Waals surface area contributed by atoms with Crippen LogP contribution in [-0.2, 0) is 0 Å². The fourth-order valence-corrected chi connectivity index (χ4v) is 4.60. The topological polar surface area (TPSA) is 27.7 Å². The first kappa shape index (κ1) is 17.1. The molecule has 1 saturated heterocycles. The molecule has 3 aliphatic heterocycles. The third-order valence-corrected chi connectivity index (χ3v) is 6.31. The molecule has 0 saturated carbocycles. The Morgan fingerprint density at radius 3 is 2.59 bits per heavy atom. The minimum absolute atomic E-state index is 0.175. The van der Waals surface area contributed by atoms with Gasteiger partial charge in [-0.1, -0.05) is 48.9 Å². The first-order valence-corrected chi connectivity index (χ1v) is 10.1. The smallest absolute Gasteiger partial charge is 0.182 e. The van der Waals surface area contributed by atoms with Crippen molar-refractivity contribution in [1.29, 1.82) is 0 Å². The van der Waals surface area contributed by atoms with Gasteiger partial charge in [0.25, 0.3) is 0 Å². The summed E-state index contributed by atoms with van der Waals surface area (Å²) in [5.74, 6) is 1.01. The molecule has 0 aliphatic carbocycles. The molecular formula is C22H24ClN3O. The Labute approximate surface area is 165 Å². The van der Waals surface area contributed by atoms with Gasteiger partial charge in [-0.3, -0.25) is 0 Å². The predicted octanol–water partition coefficient (Wildman–Crippen LogP) is 4.45. The highest BCUT2D eigenvalue weighted by molar-refractivity contribution is 6.30. The Kier molecular flexibility index (Phi) is 4.15. The molecular weight excluding hydrogens is 358 g/mol. The van der Waals surface area contributed by atoms with Crippen LogP contribution in [0.25, 0.3) is 5.70 Å². The number of nitrogens with one attached hydrogen (secondary N) is 1. The molecule has 0 aromatic heterocycles. The Balaban J connectivity index is 1.53. The van der Waals surface area contributed by atoms with E-state index in [0.29, 0.717) is 0 Å². The lowest BCUT2D eigenvalue weighted by atomic mass is 9.93. The maximum Gasteiger partial charge on any atom is 0.182 e. The van der Waals surface area contributed by atoms with Crippen LogP contribution in [0.5, 0.6) is 5.75 Å². The molecule has 2 aromatic rings. The Morgan fingerprint density at radius 2 is 1.85 bits per heavy atom. The molecule has 4 nitrogen and oxygen atoms in total. The molecule has 1 spiro atoms. The fraction of sp³-hybridized carbons (Fsp3) is 0.364. The number of para-hydroxylation sites is 1. The summed E-state index contributed by atoms with van der Waals surface area (Å²) < 4.78 is 6.65. The number of fused-ring (bicyclic) bond motifs is 4. The second-order valence-electron chi connectivity index (χ2n) is 7.53. The van der Waals surface area contributed by atoms with Gasteiger partial charge >= 0.3 is 0 Å². The van der Waals surface area contributed by atoms with Crippen LogP contribution in [0.4, 0.5) is 0 Å². The van der Waals surface area contributed by atoms with E-state index in [0.717, 1.165) is 54.5 Å². The molecule has 3 aliphatic rings. The minimum atomic E-state index is -0.310. The maximum absolute atomic E-state index is 6.65. The van der Waals surface area contributed by atoms with Crippen molar-refractivity contribution >= 4 is 17.3 Å². The highest BCUT2D eigenvalue weighted by Crippen LogP contribution is 2.48. The molecule has 27 heavy (non-hydrogen) atoms. The number of rotatable bonds is 2. The average molecular weight is 382 g/mol. The van der Waals surface area contributed by atoms with E-state index in [4.69, 9.17) is 16.3 Å². The van der Waals surface area contributed by atoms with E-state index >= 15 is 0 Å². The van der Waals surface area contributed by atoms with Crippen LogP contribution < -0.4 is 10.2 Å². The molecule has 3 heterocycles. The Bertz CT molecular complexity index is 871. The predicted molar refractivity (Wildman–Crippen MR) is 108 cm³/mol. The lowest BCUT2D eigenvalue weighted by molar-refractivity contribution is -0.159. The number of hydrazine groups is 1. The molecule has 1 fully saturated rings. The van der Waals surface area contributed by atoms with E-state index in [2.05, 4.69) is 64.7 Å². The molecule has 0 amide bonds. The van der Waals surface area contributed by atoms with Gasteiger partial charge in [0.1, 0.15) is 5.75 Å². The zero-order valence-corrected chi connectivity index (χ0v) is 16.2. The van der Waals surface area contributed by atoms with E-state index in [1.165, 1.54) is 5.56 Å². The summed E-state index contributed by atoms with van der Waals surface area (Å²) in [6, 6.07) is 16.6. The number of nitrogens with zero attached hydrogens (tertiary/aromatic N) is 2. The van der Waals surface area contributed by atoms with Crippen LogP contribution in [0.2, 0.25) is 5.02 Å². The Morgan fingerprint density at radius 1 is 1.11 bits per heavy atom. The van der Waals surface area contributed by atoms with Crippen LogP contribution in [0.1, 0.15) is 36.9 Å². The zero-order chi connectivity index (χ0) is 18.4. The molecule has 2 aromatic carbocycles. The number of hydrogen-bond donors (Lipinski definition) is 1. The van der Waals surface area contributed by atoms with Crippen molar-refractivity contribution in [3.63, 3.8) is 0 Å². The summed E-state index contributed by atoms with van der Waals surface area (Å²) in [6.07, 6.45) is 4.29. The standard InChI is InChI=1S/C22H24ClN3O/c1-2-25-13-11-22(12-14-25)26-20(18-5-3-4-6-21(18)27-22)15-19(24-26)16-7-9-17(23)10-8-16/h3-10,15,20,24H,2,11-14H2,1H3/t20-/m0/s1. The molecule has 0 unspecified atom stereocenters. The summed E-state index contributed by atoms with van der Waals surface area (Å²) in [7, 11) is 0. The fourth-order valence-electron chi connectivity index (χ4n) is 4.48. The Hall–Kier alpha value is -2.01. The molecule has 0 bridgehead atoms. The van der Waals surface area contributed by atoms with Crippen LogP contribution in [-0.4, -0.2) is 35.3 Å². The second-order valence-corrected chi connectivity index (χ2v) is 7.97. The van der Waals surface area contributed by atoms with Gasteiger partial charge in [0.05, 0.1) is 11.7 Å². The normalized spacial score (nSPS) is 23.9. The second kappa shape index (κ2) is 6.55. The van der Waals surface area contributed by atoms with Crippen molar-refractivity contribution < 1.29 is 4.74 Å². The average Bonchev–Trinajstić information content (AvgIpc) is 3.16. The van der Waals surface area contributed by atoms with Crippen molar-refractivity contribution in [2.75, 3.05) is 19.6 Å². The lowest BCUT2D eigenvalue weighted by Crippen LogP contribution is -2.63. The van der Waals surface area contributed by atoms with E-state index in [1.54, 1.807) is 0 Å². The first-order valence-electron chi connectivity index (χ1n) is 9.72. The van der Waals surface area contributed by atoms with Gasteiger partial charge in [0, 0.05) is 36.5 Å². The van der Waals surface area contributed by atoms with Crippen molar-refractivity contribution in [2.24, 2.45) is 0 Å². The molecule has 1 N–H and O–H groups in total. The highest BCUT2D eigenvalue weighted by Gasteiger charge is 2.51. The number of ether oxygens (including phenoxy) is 1. The van der Waals surface area contributed by atoms with Crippen molar-refractivity contribution in [3.8, 4) is 5.75 Å². The number of halogens is 1. The monoisotopic (exact) mass is 381 g/mol. The number of benzene rings is 2. The molecule has 1 atom stereocenters. The van der Waals surface area contributed by atoms with E-state index in [9.17, 15) is 0 Å². The highest BCUT2D eigenvalue weighted by atomic mass is 35.5. The third-order valence-electron chi connectivity index (χ3n) is 6.06. The van der Waals surface area contributed by atoms with E-state index in [-0.39, 0.29) is 11.8 Å². The van der Waals surface area contributed by atoms with Gasteiger partial charge in [-0.15, -0.1) is 0 Å². The SMILES string of the molecule is CCN1CCC2(CC1)Oc1ccccc1[C@@H]1C=C(c3ccc(Cl)cc3)NN12. The van der Waals surface area contributed by atoms with Gasteiger partial charge in [-0.2, -0.15) is 5.01 Å². The van der Waals surface area contributed by atoms with Gasteiger partial charge in [0.15, 0.2) is 5.72 Å². The van der Waals surface area contributed by atoms with Crippen LogP contribution >= 0.6 is 11.6 Å². The molecule has 5 rings (SSSR count). The van der Waals surface area contributed by atoms with Gasteiger partial charge in [-0.25, -0.2) is 0 Å². The quantitative estimate of drug-likeness (QED) is 0.831. The largest absolute Gasteiger partial charge is 0.470 e. The minimum Gasteiger partial charge on any atom is -0.470 e. The van der Waals surface area contributed by atoms with Gasteiger partial charge < -0.3 is 15.1 Å². The molecule has 5 heteroatoms. The van der Waals surface area contributed by atoms with Crippen LogP contribution in [0.15, 0.2) is 54.6 Å². The van der Waals surface area contributed by atoms with Crippen molar-refractivity contribution in [3.05, 3.63) is 70.8 Å². The summed E-state index contributed by atoms with van der Waals surface area (Å²) in [5, 5.41) is 3.10. The van der Waals surface area contributed by atoms with Crippen molar-refractivity contribution in [1.82, 2.24) is 15.3 Å². The number of hydrogen-bond acceptors (Lipinski definition) is 4. The summed E-state index contributed by atoms with van der Waals surface area (Å²) in [6.45, 7) is 5.43. The lowest BCUT2D eigenvalue weighted by Gasteiger charge is -2.51. The summed E-state index contributed by atoms with van der Waals surface area (Å²) >= 11 is 6.08. The third kappa shape index (κ3) is 2.83. The molecule has 140 valence electrons. The molecule has 0 radical (unpaired) electrons.